The highest BCUT2D eigenvalue weighted by Gasteiger charge is 2.21. The minimum Gasteiger partial charge on any atom is -0.497 e. The fraction of sp³-hybridized carbons (Fsp3) is 0.182. The summed E-state index contributed by atoms with van der Waals surface area (Å²) in [5.41, 5.74) is 2.25. The topological polar surface area (TPSA) is 73.6 Å². The maximum Gasteiger partial charge on any atom is 0.232 e. The SMILES string of the molecule is C=CCC(C(=O)Nc1ccc(-c2cnco2)c(OC)c1)c1cccc(OC)c1. The summed E-state index contributed by atoms with van der Waals surface area (Å²) in [6, 6.07) is 12.9. The number of oxazole rings is 1. The largest absolute Gasteiger partial charge is 0.497 e. The number of nitrogens with one attached hydrogen (secondary N) is 1. The van der Waals surface area contributed by atoms with Gasteiger partial charge in [0.1, 0.15) is 11.5 Å². The fourth-order valence-corrected chi connectivity index (χ4v) is 2.97. The van der Waals surface area contributed by atoms with Crippen molar-refractivity contribution in [2.75, 3.05) is 19.5 Å². The predicted molar refractivity (Wildman–Crippen MR) is 108 cm³/mol. The van der Waals surface area contributed by atoms with Crippen LogP contribution in [0.2, 0.25) is 0 Å². The van der Waals surface area contributed by atoms with Gasteiger partial charge < -0.3 is 19.2 Å². The maximum absolute atomic E-state index is 12.9. The van der Waals surface area contributed by atoms with Crippen LogP contribution < -0.4 is 14.8 Å². The van der Waals surface area contributed by atoms with E-state index in [9.17, 15) is 4.79 Å². The van der Waals surface area contributed by atoms with Crippen molar-refractivity contribution in [2.45, 2.75) is 12.3 Å². The van der Waals surface area contributed by atoms with E-state index in [-0.39, 0.29) is 11.8 Å². The van der Waals surface area contributed by atoms with Crippen molar-refractivity contribution in [3.63, 3.8) is 0 Å². The first-order valence-electron chi connectivity index (χ1n) is 8.79. The van der Waals surface area contributed by atoms with Crippen molar-refractivity contribution in [2.24, 2.45) is 0 Å². The number of benzene rings is 2. The van der Waals surface area contributed by atoms with Crippen LogP contribution in [-0.2, 0) is 4.79 Å². The van der Waals surface area contributed by atoms with Crippen molar-refractivity contribution in [3.05, 3.63) is 73.3 Å². The Morgan fingerprint density at radius 1 is 1.25 bits per heavy atom. The predicted octanol–water partition coefficient (Wildman–Crippen LogP) is 4.66. The molecule has 0 saturated heterocycles. The zero-order chi connectivity index (χ0) is 19.9. The Morgan fingerprint density at radius 2 is 2.11 bits per heavy atom. The molecule has 28 heavy (non-hydrogen) atoms. The Labute approximate surface area is 163 Å². The molecular formula is C22H22N2O4. The summed E-state index contributed by atoms with van der Waals surface area (Å²) >= 11 is 0. The number of amides is 1. The van der Waals surface area contributed by atoms with E-state index in [0.29, 0.717) is 29.4 Å². The Balaban J connectivity index is 1.84. The van der Waals surface area contributed by atoms with E-state index in [0.717, 1.165) is 11.1 Å². The van der Waals surface area contributed by atoms with Crippen LogP contribution in [0.3, 0.4) is 0 Å². The Bertz CT molecular complexity index is 951. The average Bonchev–Trinajstić information content (AvgIpc) is 3.26. The number of nitrogens with zero attached hydrogens (tertiary/aromatic N) is 1. The van der Waals surface area contributed by atoms with Crippen molar-refractivity contribution < 1.29 is 18.7 Å². The molecule has 144 valence electrons. The zero-order valence-electron chi connectivity index (χ0n) is 15.8. The molecule has 1 atom stereocenters. The molecule has 0 fully saturated rings. The lowest BCUT2D eigenvalue weighted by molar-refractivity contribution is -0.117. The van der Waals surface area contributed by atoms with Gasteiger partial charge in [0.2, 0.25) is 5.91 Å². The van der Waals surface area contributed by atoms with Crippen LogP contribution >= 0.6 is 0 Å². The van der Waals surface area contributed by atoms with Gasteiger partial charge >= 0.3 is 0 Å². The average molecular weight is 378 g/mol. The van der Waals surface area contributed by atoms with Gasteiger partial charge in [-0.05, 0) is 36.2 Å². The molecule has 1 N–H and O–H groups in total. The molecule has 0 aliphatic heterocycles. The summed E-state index contributed by atoms with van der Waals surface area (Å²) in [6.45, 7) is 3.78. The molecule has 6 nitrogen and oxygen atoms in total. The van der Waals surface area contributed by atoms with Gasteiger partial charge in [-0.3, -0.25) is 4.79 Å². The van der Waals surface area contributed by atoms with E-state index in [1.165, 1.54) is 6.39 Å². The molecule has 1 heterocycles. The first-order valence-corrected chi connectivity index (χ1v) is 8.79. The molecule has 1 aromatic heterocycles. The van der Waals surface area contributed by atoms with Gasteiger partial charge in [0.15, 0.2) is 12.2 Å². The van der Waals surface area contributed by atoms with Gasteiger partial charge in [-0.25, -0.2) is 4.98 Å². The van der Waals surface area contributed by atoms with Crippen LogP contribution in [0, 0.1) is 0 Å². The number of hydrogen-bond acceptors (Lipinski definition) is 5. The minimum absolute atomic E-state index is 0.136. The molecule has 0 saturated carbocycles. The van der Waals surface area contributed by atoms with E-state index < -0.39 is 0 Å². The molecule has 2 aromatic carbocycles. The second-order valence-corrected chi connectivity index (χ2v) is 6.12. The Morgan fingerprint density at radius 3 is 2.79 bits per heavy atom. The Kier molecular flexibility index (Phi) is 6.11. The van der Waals surface area contributed by atoms with Crippen molar-refractivity contribution in [1.29, 1.82) is 0 Å². The summed E-state index contributed by atoms with van der Waals surface area (Å²) in [5.74, 6) is 1.36. The zero-order valence-corrected chi connectivity index (χ0v) is 15.8. The number of hydrogen-bond donors (Lipinski definition) is 1. The van der Waals surface area contributed by atoms with Crippen LogP contribution in [0.25, 0.3) is 11.3 Å². The number of carbonyl (C=O) groups excluding carboxylic acids is 1. The number of anilines is 1. The third-order valence-electron chi connectivity index (χ3n) is 4.38. The molecule has 3 rings (SSSR count). The highest BCUT2D eigenvalue weighted by atomic mass is 16.5. The molecule has 1 unspecified atom stereocenters. The smallest absolute Gasteiger partial charge is 0.232 e. The number of carbonyl (C=O) groups is 1. The first-order chi connectivity index (χ1) is 13.7. The van der Waals surface area contributed by atoms with Gasteiger partial charge in [-0.15, -0.1) is 6.58 Å². The lowest BCUT2D eigenvalue weighted by Crippen LogP contribution is -2.21. The standard InChI is InChI=1S/C22H22N2O4/c1-4-6-18(15-7-5-8-17(11-15)26-2)22(25)24-16-9-10-19(20(12-16)27-3)21-13-23-14-28-21/h4-5,7-14,18H,1,6H2,2-3H3,(H,24,25). The maximum atomic E-state index is 12.9. The van der Waals surface area contributed by atoms with Gasteiger partial charge in [-0.1, -0.05) is 18.2 Å². The molecule has 1 amide bonds. The summed E-state index contributed by atoms with van der Waals surface area (Å²) in [7, 11) is 3.17. The van der Waals surface area contributed by atoms with E-state index in [1.807, 2.05) is 30.3 Å². The molecule has 0 bridgehead atoms. The normalized spacial score (nSPS) is 11.5. The van der Waals surface area contributed by atoms with Crippen molar-refractivity contribution in [1.82, 2.24) is 4.98 Å². The second-order valence-electron chi connectivity index (χ2n) is 6.12. The van der Waals surface area contributed by atoms with Crippen LogP contribution in [0.5, 0.6) is 11.5 Å². The number of methoxy groups -OCH3 is 2. The van der Waals surface area contributed by atoms with Crippen LogP contribution in [0.1, 0.15) is 17.9 Å². The van der Waals surface area contributed by atoms with Crippen LogP contribution in [-0.4, -0.2) is 25.1 Å². The van der Waals surface area contributed by atoms with Gasteiger partial charge in [0, 0.05) is 11.8 Å². The second kappa shape index (κ2) is 8.90. The lowest BCUT2D eigenvalue weighted by Gasteiger charge is -2.17. The molecule has 0 spiro atoms. The molecule has 6 heteroatoms. The van der Waals surface area contributed by atoms with E-state index in [4.69, 9.17) is 13.9 Å². The molecule has 0 aliphatic rings. The van der Waals surface area contributed by atoms with E-state index >= 15 is 0 Å². The summed E-state index contributed by atoms with van der Waals surface area (Å²) < 4.78 is 16.0. The molecule has 0 aliphatic carbocycles. The highest BCUT2D eigenvalue weighted by Crippen LogP contribution is 2.33. The van der Waals surface area contributed by atoms with Crippen molar-refractivity contribution >= 4 is 11.6 Å². The number of ether oxygens (including phenoxy) is 2. The van der Waals surface area contributed by atoms with Crippen LogP contribution in [0.15, 0.2) is 72.1 Å². The molecular weight excluding hydrogens is 356 g/mol. The number of aromatic nitrogens is 1. The first kappa shape index (κ1) is 19.2. The van der Waals surface area contributed by atoms with Crippen molar-refractivity contribution in [3.8, 4) is 22.8 Å². The minimum atomic E-state index is -0.382. The van der Waals surface area contributed by atoms with Gasteiger partial charge in [-0.2, -0.15) is 0 Å². The third-order valence-corrected chi connectivity index (χ3v) is 4.38. The van der Waals surface area contributed by atoms with Gasteiger partial charge in [0.25, 0.3) is 0 Å². The fourth-order valence-electron chi connectivity index (χ4n) is 2.97. The molecule has 3 aromatic rings. The van der Waals surface area contributed by atoms with Crippen LogP contribution in [0.4, 0.5) is 5.69 Å². The summed E-state index contributed by atoms with van der Waals surface area (Å²) in [5, 5.41) is 2.96. The van der Waals surface area contributed by atoms with E-state index in [2.05, 4.69) is 16.9 Å². The highest BCUT2D eigenvalue weighted by molar-refractivity contribution is 5.96. The Hall–Kier alpha value is -3.54. The number of rotatable bonds is 8. The number of allylic oxidation sites excluding steroid dienone is 1. The lowest BCUT2D eigenvalue weighted by atomic mass is 9.94. The summed E-state index contributed by atoms with van der Waals surface area (Å²) in [4.78, 5) is 16.9. The summed E-state index contributed by atoms with van der Waals surface area (Å²) in [6.07, 6.45) is 5.21. The van der Waals surface area contributed by atoms with Gasteiger partial charge in [0.05, 0.1) is 31.9 Å². The van der Waals surface area contributed by atoms with E-state index in [1.54, 1.807) is 38.6 Å². The molecule has 0 radical (unpaired) electrons. The quantitative estimate of drug-likeness (QED) is 0.577. The monoisotopic (exact) mass is 378 g/mol. The third kappa shape index (κ3) is 4.23.